The van der Waals surface area contributed by atoms with Gasteiger partial charge < -0.3 is 10.1 Å². The predicted molar refractivity (Wildman–Crippen MR) is 96.1 cm³/mol. The molecule has 0 fully saturated rings. The molecule has 0 spiro atoms. The number of carbonyl (C=O) groups excluding carboxylic acids is 1. The maximum Gasteiger partial charge on any atom is 0.241 e. The molecule has 7 heteroatoms. The van der Waals surface area contributed by atoms with E-state index in [0.717, 1.165) is 16.9 Å². The third kappa shape index (κ3) is 5.88. The third-order valence-corrected chi connectivity index (χ3v) is 5.07. The molecule has 0 heterocycles. The molecular formula is C18H22N2O4S. The number of hydrogen-bond acceptors (Lipinski definition) is 4. The van der Waals surface area contributed by atoms with E-state index in [1.54, 1.807) is 19.2 Å². The van der Waals surface area contributed by atoms with Gasteiger partial charge in [0.05, 0.1) is 18.6 Å². The van der Waals surface area contributed by atoms with E-state index in [4.69, 9.17) is 4.74 Å². The lowest BCUT2D eigenvalue weighted by molar-refractivity contribution is -0.119. The van der Waals surface area contributed by atoms with E-state index in [1.165, 1.54) is 12.1 Å². The van der Waals surface area contributed by atoms with Gasteiger partial charge in [-0.2, -0.15) is 0 Å². The van der Waals surface area contributed by atoms with Crippen LogP contribution in [-0.2, 0) is 21.2 Å². The first kappa shape index (κ1) is 19.0. The lowest BCUT2D eigenvalue weighted by Crippen LogP contribution is -2.37. The van der Waals surface area contributed by atoms with Crippen molar-refractivity contribution in [2.24, 2.45) is 0 Å². The van der Waals surface area contributed by atoms with Gasteiger partial charge in [-0.05, 0) is 43.2 Å². The Balaban J connectivity index is 1.77. The fraction of sp³-hybridized carbons (Fsp3) is 0.278. The van der Waals surface area contributed by atoms with Crippen molar-refractivity contribution in [1.82, 2.24) is 10.0 Å². The highest BCUT2D eigenvalue weighted by Gasteiger charge is 2.14. The summed E-state index contributed by atoms with van der Waals surface area (Å²) < 4.78 is 31.6. The largest absolute Gasteiger partial charge is 0.497 e. The zero-order chi connectivity index (χ0) is 18.3. The van der Waals surface area contributed by atoms with Crippen LogP contribution in [0.1, 0.15) is 11.1 Å². The predicted octanol–water partition coefficient (Wildman–Crippen LogP) is 1.64. The van der Waals surface area contributed by atoms with Crippen molar-refractivity contribution in [2.75, 3.05) is 20.2 Å². The summed E-state index contributed by atoms with van der Waals surface area (Å²) in [5.74, 6) is 0.405. The van der Waals surface area contributed by atoms with Gasteiger partial charge in [0.2, 0.25) is 15.9 Å². The SMILES string of the molecule is COc1ccc(CCNC(=O)CNS(=O)(=O)c2ccc(C)cc2)cc1. The fourth-order valence-corrected chi connectivity index (χ4v) is 3.14. The second-order valence-electron chi connectivity index (χ2n) is 5.59. The lowest BCUT2D eigenvalue weighted by Gasteiger charge is -2.08. The molecule has 0 unspecified atom stereocenters. The summed E-state index contributed by atoms with van der Waals surface area (Å²) in [7, 11) is -2.08. The summed E-state index contributed by atoms with van der Waals surface area (Å²) in [5, 5.41) is 2.70. The number of aryl methyl sites for hydroxylation is 1. The van der Waals surface area contributed by atoms with Gasteiger partial charge >= 0.3 is 0 Å². The molecular weight excluding hydrogens is 340 g/mol. The fourth-order valence-electron chi connectivity index (χ4n) is 2.16. The van der Waals surface area contributed by atoms with Gasteiger partial charge in [0.15, 0.2) is 0 Å². The maximum atomic E-state index is 12.1. The van der Waals surface area contributed by atoms with Crippen molar-refractivity contribution in [3.63, 3.8) is 0 Å². The highest BCUT2D eigenvalue weighted by atomic mass is 32.2. The number of sulfonamides is 1. The second kappa shape index (κ2) is 8.64. The first-order valence-electron chi connectivity index (χ1n) is 7.87. The number of ether oxygens (including phenoxy) is 1. The molecule has 25 heavy (non-hydrogen) atoms. The smallest absolute Gasteiger partial charge is 0.241 e. The van der Waals surface area contributed by atoms with Gasteiger partial charge in [-0.25, -0.2) is 13.1 Å². The summed E-state index contributed by atoms with van der Waals surface area (Å²) in [6, 6.07) is 14.0. The standard InChI is InChI=1S/C18H22N2O4S/c1-14-3-9-17(10-4-14)25(22,23)20-13-18(21)19-12-11-15-5-7-16(24-2)8-6-15/h3-10,20H,11-13H2,1-2H3,(H,19,21). The van der Waals surface area contributed by atoms with E-state index in [-0.39, 0.29) is 17.3 Å². The Bertz CT molecular complexity index is 800. The number of benzene rings is 2. The number of methoxy groups -OCH3 is 1. The van der Waals surface area contributed by atoms with Crippen molar-refractivity contribution < 1.29 is 17.9 Å². The minimum Gasteiger partial charge on any atom is -0.497 e. The Hall–Kier alpha value is -2.38. The number of rotatable bonds is 8. The molecule has 0 aliphatic rings. The van der Waals surface area contributed by atoms with E-state index < -0.39 is 10.0 Å². The van der Waals surface area contributed by atoms with Crippen LogP contribution in [0.15, 0.2) is 53.4 Å². The molecule has 6 nitrogen and oxygen atoms in total. The van der Waals surface area contributed by atoms with Crippen LogP contribution in [0.4, 0.5) is 0 Å². The molecule has 0 bridgehead atoms. The highest BCUT2D eigenvalue weighted by Crippen LogP contribution is 2.11. The molecule has 0 aliphatic heterocycles. The van der Waals surface area contributed by atoms with Crippen LogP contribution < -0.4 is 14.8 Å². The lowest BCUT2D eigenvalue weighted by atomic mass is 10.1. The van der Waals surface area contributed by atoms with Crippen molar-refractivity contribution in [3.05, 3.63) is 59.7 Å². The summed E-state index contributed by atoms with van der Waals surface area (Å²) in [4.78, 5) is 12.0. The van der Waals surface area contributed by atoms with Crippen LogP contribution in [0.3, 0.4) is 0 Å². The molecule has 0 saturated heterocycles. The average Bonchev–Trinajstić information content (AvgIpc) is 2.61. The first-order valence-corrected chi connectivity index (χ1v) is 9.35. The van der Waals surface area contributed by atoms with Gasteiger partial charge in [0.25, 0.3) is 0 Å². The van der Waals surface area contributed by atoms with Gasteiger partial charge in [0, 0.05) is 6.54 Å². The number of carbonyl (C=O) groups is 1. The highest BCUT2D eigenvalue weighted by molar-refractivity contribution is 7.89. The Morgan fingerprint density at radius 1 is 1.04 bits per heavy atom. The normalized spacial score (nSPS) is 11.1. The van der Waals surface area contributed by atoms with E-state index in [9.17, 15) is 13.2 Å². The van der Waals surface area contributed by atoms with Crippen LogP contribution in [0.5, 0.6) is 5.75 Å². The van der Waals surface area contributed by atoms with Crippen LogP contribution in [0.2, 0.25) is 0 Å². The summed E-state index contributed by atoms with van der Waals surface area (Å²) in [5.41, 5.74) is 2.02. The number of amides is 1. The Labute approximate surface area is 148 Å². The summed E-state index contributed by atoms with van der Waals surface area (Å²) in [6.45, 7) is 2.01. The Morgan fingerprint density at radius 2 is 1.68 bits per heavy atom. The monoisotopic (exact) mass is 362 g/mol. The van der Waals surface area contributed by atoms with Gasteiger partial charge in [-0.3, -0.25) is 4.79 Å². The third-order valence-electron chi connectivity index (χ3n) is 3.65. The minimum absolute atomic E-state index is 0.143. The van der Waals surface area contributed by atoms with Crippen molar-refractivity contribution in [1.29, 1.82) is 0 Å². The topological polar surface area (TPSA) is 84.5 Å². The second-order valence-corrected chi connectivity index (χ2v) is 7.35. The quantitative estimate of drug-likeness (QED) is 0.748. The average molecular weight is 362 g/mol. The molecule has 0 aromatic heterocycles. The zero-order valence-electron chi connectivity index (χ0n) is 14.3. The molecule has 2 aromatic rings. The molecule has 0 aliphatic carbocycles. The molecule has 134 valence electrons. The van der Waals surface area contributed by atoms with Crippen LogP contribution in [0.25, 0.3) is 0 Å². The minimum atomic E-state index is -3.68. The van der Waals surface area contributed by atoms with Crippen molar-refractivity contribution >= 4 is 15.9 Å². The zero-order valence-corrected chi connectivity index (χ0v) is 15.1. The van der Waals surface area contributed by atoms with Gasteiger partial charge in [0.1, 0.15) is 5.75 Å². The maximum absolute atomic E-state index is 12.1. The van der Waals surface area contributed by atoms with Gasteiger partial charge in [-0.15, -0.1) is 0 Å². The first-order chi connectivity index (χ1) is 11.9. The molecule has 0 radical (unpaired) electrons. The molecule has 0 atom stereocenters. The molecule has 2 aromatic carbocycles. The Morgan fingerprint density at radius 3 is 2.28 bits per heavy atom. The molecule has 1 amide bonds. The van der Waals surface area contributed by atoms with E-state index in [1.807, 2.05) is 31.2 Å². The molecule has 0 saturated carbocycles. The summed E-state index contributed by atoms with van der Waals surface area (Å²) >= 11 is 0. The van der Waals surface area contributed by atoms with Crippen molar-refractivity contribution in [2.45, 2.75) is 18.2 Å². The van der Waals surface area contributed by atoms with E-state index >= 15 is 0 Å². The van der Waals surface area contributed by atoms with E-state index in [0.29, 0.717) is 13.0 Å². The van der Waals surface area contributed by atoms with Crippen molar-refractivity contribution in [3.8, 4) is 5.75 Å². The van der Waals surface area contributed by atoms with Crippen LogP contribution in [0, 0.1) is 6.92 Å². The van der Waals surface area contributed by atoms with Gasteiger partial charge in [-0.1, -0.05) is 29.8 Å². The molecule has 2 N–H and O–H groups in total. The number of hydrogen-bond donors (Lipinski definition) is 2. The Kier molecular flexibility index (Phi) is 6.55. The number of nitrogens with one attached hydrogen (secondary N) is 2. The van der Waals surface area contributed by atoms with Crippen LogP contribution >= 0.6 is 0 Å². The summed E-state index contributed by atoms with van der Waals surface area (Å²) in [6.07, 6.45) is 0.653. The van der Waals surface area contributed by atoms with E-state index in [2.05, 4.69) is 10.0 Å². The van der Waals surface area contributed by atoms with Crippen LogP contribution in [-0.4, -0.2) is 34.5 Å². The molecule has 2 rings (SSSR count).